The van der Waals surface area contributed by atoms with Crippen molar-refractivity contribution in [2.24, 2.45) is 7.05 Å². The fourth-order valence-corrected chi connectivity index (χ4v) is 1.37. The summed E-state index contributed by atoms with van der Waals surface area (Å²) < 4.78 is 8.53. The van der Waals surface area contributed by atoms with Gasteiger partial charge in [-0.1, -0.05) is 0 Å². The zero-order valence-corrected chi connectivity index (χ0v) is 8.23. The quantitative estimate of drug-likeness (QED) is 0.715. The first-order chi connectivity index (χ1) is 6.66. The van der Waals surface area contributed by atoms with Crippen LogP contribution < -0.4 is 5.69 Å². The van der Waals surface area contributed by atoms with Crippen LogP contribution in [0.4, 0.5) is 0 Å². The number of furan rings is 1. The van der Waals surface area contributed by atoms with E-state index in [0.717, 1.165) is 11.5 Å². The Morgan fingerprint density at radius 3 is 2.64 bits per heavy atom. The van der Waals surface area contributed by atoms with Crippen LogP contribution in [0.15, 0.2) is 33.7 Å². The van der Waals surface area contributed by atoms with E-state index in [-0.39, 0.29) is 5.69 Å². The first-order valence-corrected chi connectivity index (χ1v) is 4.44. The standard InChI is InChI=1S/C10H12N2O2/c1-8-3-4-9(14-8)7-12-6-5-11(2)10(12)13/h3-6H,7H2,1-2H3. The Hall–Kier alpha value is -1.71. The van der Waals surface area contributed by atoms with Crippen LogP contribution in [-0.2, 0) is 13.6 Å². The Morgan fingerprint density at radius 1 is 1.36 bits per heavy atom. The Bertz CT molecular complexity index is 490. The van der Waals surface area contributed by atoms with Crippen molar-refractivity contribution in [3.05, 3.63) is 46.5 Å². The lowest BCUT2D eigenvalue weighted by atomic mass is 10.4. The van der Waals surface area contributed by atoms with Crippen LogP contribution in [0.1, 0.15) is 11.5 Å². The van der Waals surface area contributed by atoms with Crippen LogP contribution in [0, 0.1) is 6.92 Å². The van der Waals surface area contributed by atoms with Gasteiger partial charge in [-0.25, -0.2) is 4.79 Å². The summed E-state index contributed by atoms with van der Waals surface area (Å²) in [4.78, 5) is 11.5. The molecule has 0 aromatic carbocycles. The molecule has 0 amide bonds. The van der Waals surface area contributed by atoms with Crippen molar-refractivity contribution < 1.29 is 4.42 Å². The molecule has 0 N–H and O–H groups in total. The predicted molar refractivity (Wildman–Crippen MR) is 52.2 cm³/mol. The van der Waals surface area contributed by atoms with Crippen LogP contribution in [0.5, 0.6) is 0 Å². The van der Waals surface area contributed by atoms with E-state index >= 15 is 0 Å². The summed E-state index contributed by atoms with van der Waals surface area (Å²) in [7, 11) is 1.73. The summed E-state index contributed by atoms with van der Waals surface area (Å²) in [5, 5.41) is 0. The third-order valence-corrected chi connectivity index (χ3v) is 2.14. The van der Waals surface area contributed by atoms with Gasteiger partial charge in [-0.15, -0.1) is 0 Å². The second-order valence-electron chi connectivity index (χ2n) is 3.33. The molecule has 0 radical (unpaired) electrons. The monoisotopic (exact) mass is 192 g/mol. The second-order valence-corrected chi connectivity index (χ2v) is 3.33. The van der Waals surface area contributed by atoms with Gasteiger partial charge in [0, 0.05) is 19.4 Å². The average molecular weight is 192 g/mol. The molecule has 0 bridgehead atoms. The Morgan fingerprint density at radius 2 is 2.14 bits per heavy atom. The van der Waals surface area contributed by atoms with Crippen LogP contribution >= 0.6 is 0 Å². The maximum absolute atomic E-state index is 11.5. The van der Waals surface area contributed by atoms with Crippen molar-refractivity contribution in [2.75, 3.05) is 0 Å². The Kier molecular flexibility index (Phi) is 2.04. The third kappa shape index (κ3) is 1.51. The summed E-state index contributed by atoms with van der Waals surface area (Å²) in [5.74, 6) is 1.67. The number of rotatable bonds is 2. The number of imidazole rings is 1. The van der Waals surface area contributed by atoms with Crippen LogP contribution in [0.3, 0.4) is 0 Å². The average Bonchev–Trinajstić information content (AvgIpc) is 2.67. The first-order valence-electron chi connectivity index (χ1n) is 4.44. The molecule has 2 aromatic rings. The minimum absolute atomic E-state index is 0.0287. The number of aryl methyl sites for hydroxylation is 2. The molecule has 2 aromatic heterocycles. The van der Waals surface area contributed by atoms with Crippen molar-refractivity contribution in [3.8, 4) is 0 Å². The SMILES string of the molecule is Cc1ccc(Cn2ccn(C)c2=O)o1. The van der Waals surface area contributed by atoms with E-state index in [2.05, 4.69) is 0 Å². The fraction of sp³-hybridized carbons (Fsp3) is 0.300. The van der Waals surface area contributed by atoms with Crippen molar-refractivity contribution >= 4 is 0 Å². The zero-order valence-electron chi connectivity index (χ0n) is 8.23. The third-order valence-electron chi connectivity index (χ3n) is 2.14. The molecule has 0 aliphatic rings. The molecule has 0 spiro atoms. The largest absolute Gasteiger partial charge is 0.464 e. The van der Waals surface area contributed by atoms with Gasteiger partial charge in [-0.05, 0) is 19.1 Å². The molecule has 0 unspecified atom stereocenters. The highest BCUT2D eigenvalue weighted by molar-refractivity contribution is 5.06. The molecule has 2 rings (SSSR count). The fourth-order valence-electron chi connectivity index (χ4n) is 1.37. The van der Waals surface area contributed by atoms with E-state index in [1.165, 1.54) is 4.57 Å². The van der Waals surface area contributed by atoms with Crippen LogP contribution in [0.2, 0.25) is 0 Å². The van der Waals surface area contributed by atoms with Gasteiger partial charge >= 0.3 is 5.69 Å². The molecule has 2 heterocycles. The lowest BCUT2D eigenvalue weighted by molar-refractivity contribution is 0.466. The molecule has 74 valence electrons. The van der Waals surface area contributed by atoms with Crippen molar-refractivity contribution in [3.63, 3.8) is 0 Å². The predicted octanol–water partition coefficient (Wildman–Crippen LogP) is 1.14. The summed E-state index contributed by atoms with van der Waals surface area (Å²) in [5.41, 5.74) is -0.0287. The van der Waals surface area contributed by atoms with E-state index in [0.29, 0.717) is 6.54 Å². The van der Waals surface area contributed by atoms with Gasteiger partial charge < -0.3 is 8.98 Å². The van der Waals surface area contributed by atoms with Gasteiger partial charge in [-0.3, -0.25) is 4.57 Å². The summed E-state index contributed by atoms with van der Waals surface area (Å²) in [6.07, 6.45) is 3.48. The smallest absolute Gasteiger partial charge is 0.328 e. The molecule has 0 saturated carbocycles. The minimum Gasteiger partial charge on any atom is -0.464 e. The Balaban J connectivity index is 2.27. The number of nitrogens with zero attached hydrogens (tertiary/aromatic N) is 2. The van der Waals surface area contributed by atoms with Gasteiger partial charge in [-0.2, -0.15) is 0 Å². The van der Waals surface area contributed by atoms with Gasteiger partial charge in [0.05, 0.1) is 6.54 Å². The van der Waals surface area contributed by atoms with Gasteiger partial charge in [0.1, 0.15) is 11.5 Å². The molecule has 4 nitrogen and oxygen atoms in total. The first kappa shape index (κ1) is 8.87. The second kappa shape index (κ2) is 3.21. The van der Waals surface area contributed by atoms with Crippen LogP contribution in [0.25, 0.3) is 0 Å². The van der Waals surface area contributed by atoms with Gasteiger partial charge in [0.2, 0.25) is 0 Å². The number of hydrogen-bond donors (Lipinski definition) is 0. The molecule has 0 aliphatic heterocycles. The maximum Gasteiger partial charge on any atom is 0.328 e. The number of aromatic nitrogens is 2. The van der Waals surface area contributed by atoms with Crippen molar-refractivity contribution in [1.82, 2.24) is 9.13 Å². The van der Waals surface area contributed by atoms with E-state index in [9.17, 15) is 4.79 Å². The summed E-state index contributed by atoms with van der Waals surface area (Å²) in [6.45, 7) is 2.38. The summed E-state index contributed by atoms with van der Waals surface area (Å²) >= 11 is 0. The topological polar surface area (TPSA) is 40.1 Å². The number of hydrogen-bond acceptors (Lipinski definition) is 2. The van der Waals surface area contributed by atoms with E-state index in [1.807, 2.05) is 19.1 Å². The lowest BCUT2D eigenvalue weighted by Gasteiger charge is -1.96. The summed E-state index contributed by atoms with van der Waals surface area (Å²) in [6, 6.07) is 3.78. The van der Waals surface area contributed by atoms with E-state index in [4.69, 9.17) is 4.42 Å². The maximum atomic E-state index is 11.5. The zero-order chi connectivity index (χ0) is 10.1. The molecule has 0 atom stereocenters. The molecule has 4 heteroatoms. The minimum atomic E-state index is -0.0287. The molecular weight excluding hydrogens is 180 g/mol. The molecule has 14 heavy (non-hydrogen) atoms. The normalized spacial score (nSPS) is 10.7. The van der Waals surface area contributed by atoms with E-state index in [1.54, 1.807) is 24.0 Å². The van der Waals surface area contributed by atoms with Gasteiger partial charge in [0.25, 0.3) is 0 Å². The molecule has 0 aliphatic carbocycles. The van der Waals surface area contributed by atoms with Crippen molar-refractivity contribution in [1.29, 1.82) is 0 Å². The molecule has 0 fully saturated rings. The van der Waals surface area contributed by atoms with Crippen LogP contribution in [-0.4, -0.2) is 9.13 Å². The highest BCUT2D eigenvalue weighted by Crippen LogP contribution is 2.06. The highest BCUT2D eigenvalue weighted by Gasteiger charge is 2.03. The van der Waals surface area contributed by atoms with Crippen molar-refractivity contribution in [2.45, 2.75) is 13.5 Å². The molecular formula is C10H12N2O2. The molecule has 0 saturated heterocycles. The van der Waals surface area contributed by atoms with Gasteiger partial charge in [0.15, 0.2) is 0 Å². The highest BCUT2D eigenvalue weighted by atomic mass is 16.3. The lowest BCUT2D eigenvalue weighted by Crippen LogP contribution is -2.22. The van der Waals surface area contributed by atoms with E-state index < -0.39 is 0 Å². The Labute approximate surface area is 81.4 Å².